The second kappa shape index (κ2) is 199000. The monoisotopic (exact) mass is 308 g/mol. The predicted octanol–water partition coefficient (Wildman–Crippen LogP) is -0.819. The van der Waals surface area contributed by atoms with E-state index in [2.05, 4.69) is 0 Å². The van der Waals surface area contributed by atoms with Gasteiger partial charge in [0.1, 0.15) is 0 Å². The molecule has 0 aliphatic carbocycles. The van der Waals surface area contributed by atoms with E-state index in [4.69, 9.17) is 9.90 Å². The zero-order chi connectivity index (χ0) is 10.7. The zero-order valence-electron chi connectivity index (χ0n) is 13.8. The first kappa shape index (κ1) is 201. The van der Waals surface area contributed by atoms with Crippen molar-refractivity contribution in [1.82, 2.24) is 12.3 Å². The minimum atomic E-state index is -0.250. The summed E-state index contributed by atoms with van der Waals surface area (Å²) in [5.41, 5.74) is 0. The van der Waals surface area contributed by atoms with Crippen molar-refractivity contribution in [2.45, 2.75) is 55.4 Å². The fraction of sp³-hybridized carbons (Fsp3) is 0.889. The molecule has 0 aliphatic rings. The number of carboxylic acid groups (broad SMARTS) is 1. The summed E-state index contributed by atoms with van der Waals surface area (Å²) < 4.78 is 0. The molecule has 10 heteroatoms. The van der Waals surface area contributed by atoms with Gasteiger partial charge in [-0.25, -0.2) is 0 Å². The molecule has 0 atom stereocenters. The van der Waals surface area contributed by atoms with Gasteiger partial charge in [-0.1, -0.05) is 55.4 Å². The molecule has 0 heterocycles. The van der Waals surface area contributed by atoms with Crippen molar-refractivity contribution in [2.24, 2.45) is 0 Å². The summed E-state index contributed by atoms with van der Waals surface area (Å²) in [6.07, 6.45) is 0. The van der Waals surface area contributed by atoms with E-state index in [-0.39, 0.29) is 51.6 Å². The second-order valence-electron chi connectivity index (χ2n) is 0.105. The molecule has 0 aliphatic heterocycles. The highest BCUT2D eigenvalue weighted by molar-refractivity contribution is 5.32. The van der Waals surface area contributed by atoms with E-state index in [9.17, 15) is 0 Å². The van der Waals surface area contributed by atoms with Crippen molar-refractivity contribution < 1.29 is 42.8 Å². The fourth-order valence-corrected chi connectivity index (χ4v) is 0. The van der Waals surface area contributed by atoms with Crippen LogP contribution in [0.4, 0.5) is 0 Å². The van der Waals surface area contributed by atoms with Crippen LogP contribution in [-0.4, -0.2) is 44.4 Å². The highest BCUT2D eigenvalue weighted by Gasteiger charge is 1.22. The minimum absolute atomic E-state index is 0. The van der Waals surface area contributed by atoms with Gasteiger partial charge in [-0.05, 0) is 0 Å². The first-order valence-electron chi connectivity index (χ1n) is 4.49. The lowest BCUT2D eigenvalue weighted by Gasteiger charge is -1.34. The molecule has 19 heavy (non-hydrogen) atoms. The van der Waals surface area contributed by atoms with Gasteiger partial charge in [-0.15, -0.1) is 0 Å². The van der Waals surface area contributed by atoms with Crippen molar-refractivity contribution >= 4 is 6.47 Å². The summed E-state index contributed by atoms with van der Waals surface area (Å²) >= 11 is 0. The molecule has 0 amide bonds. The highest BCUT2D eigenvalue weighted by atomic mass is 16.3. The Labute approximate surface area is 118 Å². The van der Waals surface area contributed by atoms with Crippen LogP contribution in [0.25, 0.3) is 0 Å². The first-order valence-corrected chi connectivity index (χ1v) is 4.49. The molecule has 0 aromatic rings. The summed E-state index contributed by atoms with van der Waals surface area (Å²) in [5.74, 6) is 0. The average molecular weight is 308 g/mol. The van der Waals surface area contributed by atoms with E-state index in [0.717, 1.165) is 0 Å². The molecular weight excluding hydrogens is 264 g/mol. The lowest BCUT2D eigenvalue weighted by atomic mass is 11.0. The Balaban J connectivity index is -0.00000000197. The van der Waals surface area contributed by atoms with Crippen LogP contribution in [0.3, 0.4) is 0 Å². The maximum absolute atomic E-state index is 8.36. The largest absolute Gasteiger partial charge is 0.483 e. The number of carbonyl (C=O) groups is 1. The van der Waals surface area contributed by atoms with Gasteiger partial charge in [0.25, 0.3) is 6.47 Å². The van der Waals surface area contributed by atoms with Crippen LogP contribution in [0.5, 0.6) is 0 Å². The number of hydrogen-bond acceptors (Lipinski definition) is 3. The number of rotatable bonds is 0. The molecule has 0 fully saturated rings. The van der Waals surface area contributed by atoms with E-state index in [1.807, 2.05) is 55.4 Å². The van der Waals surface area contributed by atoms with Crippen LogP contribution in [0.1, 0.15) is 55.4 Å². The van der Waals surface area contributed by atoms with Gasteiger partial charge in [-0.3, -0.25) is 4.79 Å². The van der Waals surface area contributed by atoms with Gasteiger partial charge >= 0.3 is 0 Å². The molecule has 0 spiro atoms. The molecule has 0 saturated carbocycles. The maximum Gasteiger partial charge on any atom is 0.290 e. The lowest BCUT2D eigenvalue weighted by Crippen LogP contribution is -1.49. The third-order valence-corrected chi connectivity index (χ3v) is 0. The topological polar surface area (TPSA) is 296 Å². The van der Waals surface area contributed by atoms with Crippen molar-refractivity contribution in [3.63, 3.8) is 0 Å². The predicted molar refractivity (Wildman–Crippen MR) is 85.8 cm³/mol. The fourth-order valence-electron chi connectivity index (χ4n) is 0. The Hall–Kier alpha value is -0.850. The van der Waals surface area contributed by atoms with Crippen LogP contribution < -0.4 is 12.3 Å². The standard InChI is InChI=1S/4C2H6.CH2O2.2H3N.6H2O/c4*1-2;2-1-3;;;;;;;;/h4*1-2H3;1H,(H,2,3);2*1H3;6*1H2. The first-order chi connectivity index (χ1) is 5.41. The van der Waals surface area contributed by atoms with Crippen molar-refractivity contribution in [3.05, 3.63) is 0 Å². The van der Waals surface area contributed by atoms with Crippen LogP contribution in [0.15, 0.2) is 0 Å². The molecule has 0 rings (SSSR count). The molecule has 0 aromatic heterocycles. The summed E-state index contributed by atoms with van der Waals surface area (Å²) in [6, 6.07) is 0. The Morgan fingerprint density at radius 2 is 0.526 bits per heavy atom. The van der Waals surface area contributed by atoms with Gasteiger partial charge in [0, 0.05) is 0 Å². The Morgan fingerprint density at radius 1 is 0.526 bits per heavy atom. The summed E-state index contributed by atoms with van der Waals surface area (Å²) in [6.45, 7) is 15.8. The lowest BCUT2D eigenvalue weighted by molar-refractivity contribution is -0.122. The minimum Gasteiger partial charge on any atom is -0.483 e. The van der Waals surface area contributed by atoms with Crippen LogP contribution in [0.2, 0.25) is 0 Å². The smallest absolute Gasteiger partial charge is 0.290 e. The molecule has 0 radical (unpaired) electrons. The Morgan fingerprint density at radius 3 is 0.526 bits per heavy atom. The van der Waals surface area contributed by atoms with Crippen LogP contribution >= 0.6 is 0 Å². The average Bonchev–Trinajstić information content (AvgIpc) is 2.18. The van der Waals surface area contributed by atoms with Crippen molar-refractivity contribution in [1.29, 1.82) is 0 Å². The normalized spacial score (nSPS) is 1.89. The molecule has 0 saturated heterocycles. The van der Waals surface area contributed by atoms with E-state index in [1.165, 1.54) is 0 Å². The highest BCUT2D eigenvalue weighted by Crippen LogP contribution is 1.15. The maximum atomic E-state index is 8.36. The zero-order valence-corrected chi connectivity index (χ0v) is 13.8. The number of hydrogen-bond donors (Lipinski definition) is 3. The quantitative estimate of drug-likeness (QED) is 0.482. The molecule has 138 valence electrons. The van der Waals surface area contributed by atoms with Gasteiger partial charge in [0.05, 0.1) is 0 Å². The van der Waals surface area contributed by atoms with Gasteiger partial charge in [0.2, 0.25) is 0 Å². The van der Waals surface area contributed by atoms with Gasteiger partial charge in [0.15, 0.2) is 0 Å². The third kappa shape index (κ3) is 5450. The molecule has 0 bridgehead atoms. The Kier molecular flexibility index (Phi) is 2110000. The van der Waals surface area contributed by atoms with Crippen LogP contribution in [0, 0.1) is 0 Å². The van der Waals surface area contributed by atoms with E-state index in [1.54, 1.807) is 0 Å². The summed E-state index contributed by atoms with van der Waals surface area (Å²) in [7, 11) is 0. The second-order valence-corrected chi connectivity index (χ2v) is 0.105. The molecular formula is C9H44N2O8. The van der Waals surface area contributed by atoms with Crippen LogP contribution in [-0.2, 0) is 4.79 Å². The van der Waals surface area contributed by atoms with E-state index >= 15 is 0 Å². The summed E-state index contributed by atoms with van der Waals surface area (Å²) in [5, 5.41) is 6.89. The SMILES string of the molecule is CC.CC.CC.CC.N.N.O.O.O.O.O.O.O=CO. The Bertz CT molecular complexity index is 33.7. The van der Waals surface area contributed by atoms with E-state index < -0.39 is 0 Å². The van der Waals surface area contributed by atoms with Crippen molar-refractivity contribution in [2.75, 3.05) is 0 Å². The molecule has 0 unspecified atom stereocenters. The van der Waals surface area contributed by atoms with Crippen molar-refractivity contribution in [3.8, 4) is 0 Å². The molecule has 19 N–H and O–H groups in total. The van der Waals surface area contributed by atoms with Gasteiger partial charge < -0.3 is 50.3 Å². The third-order valence-electron chi connectivity index (χ3n) is 0. The molecule has 10 nitrogen and oxygen atoms in total. The molecule has 0 aromatic carbocycles. The van der Waals surface area contributed by atoms with E-state index in [0.29, 0.717) is 0 Å². The summed E-state index contributed by atoms with van der Waals surface area (Å²) in [4.78, 5) is 8.36. The van der Waals surface area contributed by atoms with Gasteiger partial charge in [-0.2, -0.15) is 0 Å².